The number of anilines is 1. The number of ether oxygens (including phenoxy) is 1. The smallest absolute Gasteiger partial charge is 0.337 e. The standard InChI is InChI=1S/C29H29N3O5/c1-17-14-20(18(2)31(17)23-9-7-8-19(15-23)27(35)37-6)16-24-25(33)30-28(36)32(26(24)34)22-12-10-21(11-13-22)29(3,4)5/h7-16H,1-6H3,(H,30,33,36)/b24-16-. The maximum absolute atomic E-state index is 13.4. The maximum Gasteiger partial charge on any atom is 0.337 e. The van der Waals surface area contributed by atoms with Gasteiger partial charge < -0.3 is 9.30 Å². The Morgan fingerprint density at radius 1 is 0.946 bits per heavy atom. The minimum Gasteiger partial charge on any atom is -0.465 e. The van der Waals surface area contributed by atoms with E-state index in [2.05, 4.69) is 26.1 Å². The van der Waals surface area contributed by atoms with E-state index in [1.807, 2.05) is 42.7 Å². The van der Waals surface area contributed by atoms with Gasteiger partial charge in [-0.15, -0.1) is 0 Å². The number of urea groups is 1. The van der Waals surface area contributed by atoms with E-state index in [-0.39, 0.29) is 11.0 Å². The number of aryl methyl sites for hydroxylation is 1. The second-order valence-electron chi connectivity index (χ2n) is 9.96. The Labute approximate surface area is 215 Å². The summed E-state index contributed by atoms with van der Waals surface area (Å²) in [5, 5.41) is 2.27. The van der Waals surface area contributed by atoms with Gasteiger partial charge in [0.15, 0.2) is 0 Å². The van der Waals surface area contributed by atoms with Crippen molar-refractivity contribution < 1.29 is 23.9 Å². The van der Waals surface area contributed by atoms with Crippen LogP contribution >= 0.6 is 0 Å². The van der Waals surface area contributed by atoms with Crippen molar-refractivity contribution in [3.05, 3.63) is 88.2 Å². The van der Waals surface area contributed by atoms with Crippen molar-refractivity contribution in [2.45, 2.75) is 40.0 Å². The van der Waals surface area contributed by atoms with Crippen molar-refractivity contribution >= 4 is 35.6 Å². The molecule has 0 radical (unpaired) electrons. The number of amides is 4. The fourth-order valence-electron chi connectivity index (χ4n) is 4.38. The molecule has 0 unspecified atom stereocenters. The maximum atomic E-state index is 13.4. The molecule has 1 aliphatic heterocycles. The van der Waals surface area contributed by atoms with Crippen molar-refractivity contribution in [2.75, 3.05) is 12.0 Å². The topological polar surface area (TPSA) is 97.7 Å². The second kappa shape index (κ2) is 9.54. The predicted molar refractivity (Wildman–Crippen MR) is 141 cm³/mol. The largest absolute Gasteiger partial charge is 0.465 e. The average molecular weight is 500 g/mol. The normalized spacial score (nSPS) is 15.2. The van der Waals surface area contributed by atoms with Crippen LogP contribution in [0.1, 0.15) is 53.6 Å². The molecule has 4 amide bonds. The number of methoxy groups -OCH3 is 1. The van der Waals surface area contributed by atoms with Gasteiger partial charge >= 0.3 is 12.0 Å². The van der Waals surface area contributed by atoms with Crippen LogP contribution in [0.5, 0.6) is 0 Å². The first-order valence-electron chi connectivity index (χ1n) is 11.8. The number of nitrogens with zero attached hydrogens (tertiary/aromatic N) is 2. The summed E-state index contributed by atoms with van der Waals surface area (Å²) in [6.07, 6.45) is 1.49. The molecule has 8 nitrogen and oxygen atoms in total. The number of esters is 1. The summed E-state index contributed by atoms with van der Waals surface area (Å²) in [4.78, 5) is 51.7. The summed E-state index contributed by atoms with van der Waals surface area (Å²) in [7, 11) is 1.32. The number of hydrogen-bond acceptors (Lipinski definition) is 5. The zero-order chi connectivity index (χ0) is 27.1. The monoisotopic (exact) mass is 499 g/mol. The Hall–Kier alpha value is -4.46. The van der Waals surface area contributed by atoms with Gasteiger partial charge in [-0.1, -0.05) is 39.0 Å². The molecule has 1 fully saturated rings. The van der Waals surface area contributed by atoms with Gasteiger partial charge in [0.2, 0.25) is 0 Å². The van der Waals surface area contributed by atoms with Crippen molar-refractivity contribution in [2.24, 2.45) is 0 Å². The molecule has 0 atom stereocenters. The van der Waals surface area contributed by atoms with E-state index < -0.39 is 23.8 Å². The first-order chi connectivity index (χ1) is 17.4. The van der Waals surface area contributed by atoms with Crippen LogP contribution in [0.4, 0.5) is 10.5 Å². The zero-order valence-electron chi connectivity index (χ0n) is 21.7. The molecule has 4 rings (SSSR count). The van der Waals surface area contributed by atoms with E-state index in [1.165, 1.54) is 13.2 Å². The molecule has 8 heteroatoms. The Bertz CT molecular complexity index is 1460. The number of nitrogens with one attached hydrogen (secondary N) is 1. The van der Waals surface area contributed by atoms with Crippen molar-refractivity contribution in [3.8, 4) is 5.69 Å². The van der Waals surface area contributed by atoms with Gasteiger partial charge in [0.05, 0.1) is 18.4 Å². The second-order valence-corrected chi connectivity index (χ2v) is 9.96. The highest BCUT2D eigenvalue weighted by Crippen LogP contribution is 2.28. The quantitative estimate of drug-likeness (QED) is 0.315. The molecule has 190 valence electrons. The molecule has 37 heavy (non-hydrogen) atoms. The van der Waals surface area contributed by atoms with Gasteiger partial charge in [-0.25, -0.2) is 14.5 Å². The van der Waals surface area contributed by atoms with Gasteiger partial charge in [-0.2, -0.15) is 0 Å². The molecule has 0 aliphatic carbocycles. The molecule has 0 bridgehead atoms. The number of carbonyl (C=O) groups is 4. The van der Waals surface area contributed by atoms with E-state index in [4.69, 9.17) is 4.74 Å². The third-order valence-electron chi connectivity index (χ3n) is 6.39. The third kappa shape index (κ3) is 4.82. The molecule has 2 heterocycles. The highest BCUT2D eigenvalue weighted by Gasteiger charge is 2.37. The molecule has 1 aromatic heterocycles. The number of imide groups is 2. The van der Waals surface area contributed by atoms with E-state index in [9.17, 15) is 19.2 Å². The van der Waals surface area contributed by atoms with E-state index in [1.54, 1.807) is 30.3 Å². The fraction of sp³-hybridized carbons (Fsp3) is 0.241. The van der Waals surface area contributed by atoms with Crippen molar-refractivity contribution in [1.29, 1.82) is 0 Å². The minimum absolute atomic E-state index is 0.0906. The lowest BCUT2D eigenvalue weighted by atomic mass is 9.87. The van der Waals surface area contributed by atoms with Crippen LogP contribution in [0.2, 0.25) is 0 Å². The molecule has 3 aromatic rings. The summed E-state index contributed by atoms with van der Waals surface area (Å²) < 4.78 is 6.74. The first kappa shape index (κ1) is 25.6. The Kier molecular flexibility index (Phi) is 6.61. The molecule has 1 N–H and O–H groups in total. The molecule has 0 saturated carbocycles. The van der Waals surface area contributed by atoms with Crippen LogP contribution < -0.4 is 10.2 Å². The lowest BCUT2D eigenvalue weighted by Gasteiger charge is -2.27. The van der Waals surface area contributed by atoms with Crippen LogP contribution in [-0.2, 0) is 19.7 Å². The number of benzene rings is 2. The van der Waals surface area contributed by atoms with Crippen LogP contribution in [0.3, 0.4) is 0 Å². The minimum atomic E-state index is -0.791. The Morgan fingerprint density at radius 2 is 1.62 bits per heavy atom. The van der Waals surface area contributed by atoms with Gasteiger partial charge in [-0.05, 0) is 72.9 Å². The molecule has 2 aromatic carbocycles. The fourth-order valence-corrected chi connectivity index (χ4v) is 4.38. The summed E-state index contributed by atoms with van der Waals surface area (Å²) in [5.41, 5.74) is 4.55. The first-order valence-corrected chi connectivity index (χ1v) is 11.8. The Balaban J connectivity index is 1.72. The summed E-state index contributed by atoms with van der Waals surface area (Å²) in [5.74, 6) is -1.90. The summed E-state index contributed by atoms with van der Waals surface area (Å²) in [6.45, 7) is 9.95. The lowest BCUT2D eigenvalue weighted by Crippen LogP contribution is -2.54. The Morgan fingerprint density at radius 3 is 2.24 bits per heavy atom. The van der Waals surface area contributed by atoms with Gasteiger partial charge in [0, 0.05) is 17.1 Å². The summed E-state index contributed by atoms with van der Waals surface area (Å²) >= 11 is 0. The van der Waals surface area contributed by atoms with Gasteiger partial charge in [0.1, 0.15) is 5.57 Å². The number of rotatable bonds is 4. The summed E-state index contributed by atoms with van der Waals surface area (Å²) in [6, 6.07) is 15.2. The average Bonchev–Trinajstić information content (AvgIpc) is 3.13. The molecular formula is C29H29N3O5. The van der Waals surface area contributed by atoms with E-state index in [0.717, 1.165) is 27.5 Å². The number of hydrogen-bond donors (Lipinski definition) is 1. The van der Waals surface area contributed by atoms with Crippen LogP contribution in [-0.4, -0.2) is 35.5 Å². The molecule has 1 aliphatic rings. The van der Waals surface area contributed by atoms with E-state index >= 15 is 0 Å². The van der Waals surface area contributed by atoms with Gasteiger partial charge in [-0.3, -0.25) is 14.9 Å². The number of carbonyl (C=O) groups excluding carboxylic acids is 4. The molecular weight excluding hydrogens is 470 g/mol. The third-order valence-corrected chi connectivity index (χ3v) is 6.39. The van der Waals surface area contributed by atoms with Crippen LogP contribution in [0, 0.1) is 13.8 Å². The SMILES string of the molecule is COC(=O)c1cccc(-n2c(C)cc(/C=C3/C(=O)NC(=O)N(c4ccc(C(C)(C)C)cc4)C3=O)c2C)c1. The van der Waals surface area contributed by atoms with Crippen molar-refractivity contribution in [1.82, 2.24) is 9.88 Å². The van der Waals surface area contributed by atoms with Gasteiger partial charge in [0.25, 0.3) is 11.8 Å². The highest BCUT2D eigenvalue weighted by atomic mass is 16.5. The number of aromatic nitrogens is 1. The lowest BCUT2D eigenvalue weighted by molar-refractivity contribution is -0.122. The van der Waals surface area contributed by atoms with Crippen LogP contribution in [0.15, 0.2) is 60.2 Å². The predicted octanol–water partition coefficient (Wildman–Crippen LogP) is 4.84. The van der Waals surface area contributed by atoms with Crippen molar-refractivity contribution in [3.63, 3.8) is 0 Å². The van der Waals surface area contributed by atoms with Crippen LogP contribution in [0.25, 0.3) is 11.8 Å². The zero-order valence-corrected chi connectivity index (χ0v) is 21.7. The highest BCUT2D eigenvalue weighted by molar-refractivity contribution is 6.39. The van der Waals surface area contributed by atoms with E-state index in [0.29, 0.717) is 16.8 Å². The molecule has 1 saturated heterocycles. The number of barbiturate groups is 1. The molecule has 0 spiro atoms.